The highest BCUT2D eigenvalue weighted by Crippen LogP contribution is 2.08. The van der Waals surface area contributed by atoms with Crippen LogP contribution in [0.4, 0.5) is 8.78 Å². The van der Waals surface area contributed by atoms with Crippen LogP contribution in [0, 0.1) is 11.6 Å². The number of halogens is 2. The van der Waals surface area contributed by atoms with Gasteiger partial charge in [0.15, 0.2) is 0 Å². The molecule has 0 aliphatic rings. The van der Waals surface area contributed by atoms with Gasteiger partial charge >= 0.3 is 5.97 Å². The highest BCUT2D eigenvalue weighted by molar-refractivity contribution is 5.87. The molecule has 2 N–H and O–H groups in total. The molecule has 0 spiro atoms. The first-order valence-electron chi connectivity index (χ1n) is 6.50. The molecule has 0 saturated heterocycles. The van der Waals surface area contributed by atoms with Crippen molar-refractivity contribution in [3.05, 3.63) is 58.9 Å². The molecule has 112 valence electrons. The fourth-order valence-electron chi connectivity index (χ4n) is 1.98. The van der Waals surface area contributed by atoms with E-state index in [4.69, 9.17) is 0 Å². The second-order valence-electron chi connectivity index (χ2n) is 4.59. The molecule has 1 aromatic carbocycles. The predicted octanol–water partition coefficient (Wildman–Crippen LogP) is 2.41. The van der Waals surface area contributed by atoms with E-state index in [2.05, 4.69) is 15.0 Å². The van der Waals surface area contributed by atoms with Gasteiger partial charge in [-0.3, -0.25) is 0 Å². The van der Waals surface area contributed by atoms with E-state index in [1.165, 1.54) is 19.2 Å². The number of aromatic nitrogens is 1. The third kappa shape index (κ3) is 4.39. The van der Waals surface area contributed by atoms with Crippen LogP contribution in [0.25, 0.3) is 0 Å². The number of nitrogens with one attached hydrogen (secondary N) is 2. The maximum absolute atomic E-state index is 13.0. The molecule has 2 rings (SSSR count). The summed E-state index contributed by atoms with van der Waals surface area (Å²) in [5.74, 6) is -1.56. The number of carbonyl (C=O) groups is 1. The van der Waals surface area contributed by atoms with Crippen LogP contribution >= 0.6 is 0 Å². The average molecular weight is 294 g/mol. The second kappa shape index (κ2) is 6.99. The number of rotatable bonds is 6. The summed E-state index contributed by atoms with van der Waals surface area (Å²) >= 11 is 0. The first-order valence-corrected chi connectivity index (χ1v) is 6.50. The number of methoxy groups -OCH3 is 1. The molecule has 1 aromatic heterocycles. The smallest absolute Gasteiger partial charge is 0.354 e. The van der Waals surface area contributed by atoms with Crippen LogP contribution in [0.3, 0.4) is 0 Å². The number of carbonyl (C=O) groups excluding carboxylic acids is 1. The zero-order valence-corrected chi connectivity index (χ0v) is 11.6. The highest BCUT2D eigenvalue weighted by atomic mass is 19.1. The SMILES string of the molecule is COC(=O)c1ccc(CNCCc2cc(F)cc(F)c2)[nH]1. The summed E-state index contributed by atoms with van der Waals surface area (Å²) < 4.78 is 30.6. The summed E-state index contributed by atoms with van der Waals surface area (Å²) in [6.45, 7) is 1.09. The maximum atomic E-state index is 13.0. The molecule has 2 aromatic rings. The minimum atomic E-state index is -0.572. The molecule has 0 atom stereocenters. The van der Waals surface area contributed by atoms with Gasteiger partial charge in [0.1, 0.15) is 17.3 Å². The van der Waals surface area contributed by atoms with Gasteiger partial charge in [0.2, 0.25) is 0 Å². The molecular weight excluding hydrogens is 278 g/mol. The van der Waals surface area contributed by atoms with Gasteiger partial charge in [-0.1, -0.05) is 0 Å². The van der Waals surface area contributed by atoms with E-state index in [0.29, 0.717) is 30.8 Å². The lowest BCUT2D eigenvalue weighted by atomic mass is 10.1. The number of esters is 1. The molecule has 0 fully saturated rings. The van der Waals surface area contributed by atoms with Gasteiger partial charge in [-0.2, -0.15) is 0 Å². The van der Waals surface area contributed by atoms with Crippen LogP contribution in [0.1, 0.15) is 21.7 Å². The summed E-state index contributed by atoms with van der Waals surface area (Å²) in [6, 6.07) is 6.90. The standard InChI is InChI=1S/C15H16F2N2O2/c1-21-15(20)14-3-2-13(19-14)9-18-5-4-10-6-11(16)8-12(17)7-10/h2-3,6-8,18-19H,4-5,9H2,1H3. The van der Waals surface area contributed by atoms with Crippen molar-refractivity contribution in [3.8, 4) is 0 Å². The van der Waals surface area contributed by atoms with Gasteiger partial charge in [0, 0.05) is 18.3 Å². The van der Waals surface area contributed by atoms with Crippen molar-refractivity contribution in [1.29, 1.82) is 0 Å². The van der Waals surface area contributed by atoms with Crippen molar-refractivity contribution in [1.82, 2.24) is 10.3 Å². The fourth-order valence-corrected chi connectivity index (χ4v) is 1.98. The molecule has 6 heteroatoms. The van der Waals surface area contributed by atoms with Gasteiger partial charge in [-0.15, -0.1) is 0 Å². The lowest BCUT2D eigenvalue weighted by Gasteiger charge is -2.04. The Bertz CT molecular complexity index is 606. The second-order valence-corrected chi connectivity index (χ2v) is 4.59. The number of aromatic amines is 1. The van der Waals surface area contributed by atoms with Crippen molar-refractivity contribution in [3.63, 3.8) is 0 Å². The zero-order valence-electron chi connectivity index (χ0n) is 11.6. The summed E-state index contributed by atoms with van der Waals surface area (Å²) in [5, 5.41) is 3.13. The summed E-state index contributed by atoms with van der Waals surface area (Å²) in [6.07, 6.45) is 0.513. The topological polar surface area (TPSA) is 54.1 Å². The number of hydrogen-bond donors (Lipinski definition) is 2. The number of benzene rings is 1. The normalized spacial score (nSPS) is 10.6. The van der Waals surface area contributed by atoms with Crippen molar-refractivity contribution < 1.29 is 18.3 Å². The lowest BCUT2D eigenvalue weighted by Crippen LogP contribution is -2.17. The van der Waals surface area contributed by atoms with E-state index in [9.17, 15) is 13.6 Å². The minimum Gasteiger partial charge on any atom is -0.464 e. The van der Waals surface area contributed by atoms with Crippen molar-refractivity contribution in [2.45, 2.75) is 13.0 Å². The molecule has 4 nitrogen and oxygen atoms in total. The molecule has 0 aliphatic heterocycles. The third-order valence-electron chi connectivity index (χ3n) is 2.98. The Morgan fingerprint density at radius 2 is 1.95 bits per heavy atom. The highest BCUT2D eigenvalue weighted by Gasteiger charge is 2.07. The van der Waals surface area contributed by atoms with Crippen molar-refractivity contribution in [2.75, 3.05) is 13.7 Å². The molecule has 0 unspecified atom stereocenters. The summed E-state index contributed by atoms with van der Waals surface area (Å²) in [5.41, 5.74) is 1.82. The molecule has 0 saturated carbocycles. The van der Waals surface area contributed by atoms with Crippen LogP contribution in [0.15, 0.2) is 30.3 Å². The van der Waals surface area contributed by atoms with E-state index >= 15 is 0 Å². The molecule has 0 amide bonds. The van der Waals surface area contributed by atoms with E-state index in [0.717, 1.165) is 11.8 Å². The average Bonchev–Trinajstić information content (AvgIpc) is 2.90. The van der Waals surface area contributed by atoms with E-state index in [-0.39, 0.29) is 0 Å². The predicted molar refractivity (Wildman–Crippen MR) is 73.9 cm³/mol. The zero-order chi connectivity index (χ0) is 15.2. The number of ether oxygens (including phenoxy) is 1. The van der Waals surface area contributed by atoms with Crippen LogP contribution in [0.2, 0.25) is 0 Å². The first-order chi connectivity index (χ1) is 10.1. The van der Waals surface area contributed by atoms with Gasteiger partial charge < -0.3 is 15.0 Å². The first kappa shape index (κ1) is 15.2. The Hall–Kier alpha value is -2.21. The Morgan fingerprint density at radius 3 is 2.62 bits per heavy atom. The molecule has 0 aliphatic carbocycles. The summed E-state index contributed by atoms with van der Waals surface area (Å²) in [4.78, 5) is 14.2. The molecule has 0 bridgehead atoms. The Balaban J connectivity index is 1.79. The van der Waals surface area contributed by atoms with Crippen LogP contribution < -0.4 is 5.32 Å². The fraction of sp³-hybridized carbons (Fsp3) is 0.267. The van der Waals surface area contributed by atoms with Gasteiger partial charge in [-0.25, -0.2) is 13.6 Å². The monoisotopic (exact) mass is 294 g/mol. The Labute approximate surface area is 121 Å². The van der Waals surface area contributed by atoms with Crippen LogP contribution in [-0.2, 0) is 17.7 Å². The molecule has 21 heavy (non-hydrogen) atoms. The van der Waals surface area contributed by atoms with Crippen LogP contribution in [0.5, 0.6) is 0 Å². The maximum Gasteiger partial charge on any atom is 0.354 e. The van der Waals surface area contributed by atoms with Gasteiger partial charge in [0.05, 0.1) is 7.11 Å². The van der Waals surface area contributed by atoms with E-state index in [1.54, 1.807) is 12.1 Å². The Kier molecular flexibility index (Phi) is 5.05. The van der Waals surface area contributed by atoms with E-state index < -0.39 is 17.6 Å². The van der Waals surface area contributed by atoms with Crippen molar-refractivity contribution in [2.24, 2.45) is 0 Å². The number of H-pyrrole nitrogens is 1. The van der Waals surface area contributed by atoms with Gasteiger partial charge in [-0.05, 0) is 42.8 Å². The Morgan fingerprint density at radius 1 is 1.24 bits per heavy atom. The van der Waals surface area contributed by atoms with Crippen molar-refractivity contribution >= 4 is 5.97 Å². The lowest BCUT2D eigenvalue weighted by molar-refractivity contribution is 0.0594. The largest absolute Gasteiger partial charge is 0.464 e. The quantitative estimate of drug-likeness (QED) is 0.635. The van der Waals surface area contributed by atoms with E-state index in [1.807, 2.05) is 0 Å². The minimum absolute atomic E-state index is 0.390. The molecular formula is C15H16F2N2O2. The van der Waals surface area contributed by atoms with Crippen LogP contribution in [-0.4, -0.2) is 24.6 Å². The number of hydrogen-bond acceptors (Lipinski definition) is 3. The summed E-state index contributed by atoms with van der Waals surface area (Å²) in [7, 11) is 1.32. The molecule has 0 radical (unpaired) electrons. The third-order valence-corrected chi connectivity index (χ3v) is 2.98. The molecule has 1 heterocycles. The van der Waals surface area contributed by atoms with Gasteiger partial charge in [0.25, 0.3) is 0 Å².